The zero-order valence-electron chi connectivity index (χ0n) is 13.3. The van der Waals surface area contributed by atoms with E-state index in [1.807, 2.05) is 61.6 Å². The molecule has 0 N–H and O–H groups in total. The van der Waals surface area contributed by atoms with E-state index in [-0.39, 0.29) is 11.8 Å². The molecule has 0 aromatic heterocycles. The molecule has 120 valence electrons. The van der Waals surface area contributed by atoms with Crippen LogP contribution in [0.25, 0.3) is 0 Å². The van der Waals surface area contributed by atoms with Gasteiger partial charge in [-0.15, -0.1) is 0 Å². The van der Waals surface area contributed by atoms with Crippen LogP contribution in [0.15, 0.2) is 54.6 Å². The maximum absolute atomic E-state index is 12.3. The van der Waals surface area contributed by atoms with Gasteiger partial charge in [-0.3, -0.25) is 4.79 Å². The minimum absolute atomic E-state index is 0.0145. The molecule has 1 aliphatic rings. The minimum Gasteiger partial charge on any atom is -0.457 e. The first kappa shape index (κ1) is 15.6. The van der Waals surface area contributed by atoms with E-state index >= 15 is 0 Å². The molecule has 1 aliphatic heterocycles. The van der Waals surface area contributed by atoms with Gasteiger partial charge in [0.1, 0.15) is 11.5 Å². The molecule has 1 atom stereocenters. The molecular formula is C19H21NO3. The summed E-state index contributed by atoms with van der Waals surface area (Å²) in [5.74, 6) is 1.78. The molecule has 0 unspecified atom stereocenters. The molecule has 3 rings (SSSR count). The topological polar surface area (TPSA) is 38.8 Å². The van der Waals surface area contributed by atoms with Gasteiger partial charge in [0.2, 0.25) is 5.91 Å². The van der Waals surface area contributed by atoms with Crippen molar-refractivity contribution in [3.05, 3.63) is 60.2 Å². The average Bonchev–Trinajstić information content (AvgIpc) is 3.11. The summed E-state index contributed by atoms with van der Waals surface area (Å²) in [4.78, 5) is 14.0. The van der Waals surface area contributed by atoms with Gasteiger partial charge in [0, 0.05) is 20.2 Å². The third kappa shape index (κ3) is 4.11. The van der Waals surface area contributed by atoms with Gasteiger partial charge in [0.15, 0.2) is 0 Å². The fraction of sp³-hybridized carbons (Fsp3) is 0.316. The highest BCUT2D eigenvalue weighted by molar-refractivity contribution is 5.78. The normalized spacial score (nSPS) is 17.0. The van der Waals surface area contributed by atoms with Crippen molar-refractivity contribution in [1.82, 2.24) is 4.90 Å². The molecule has 23 heavy (non-hydrogen) atoms. The van der Waals surface area contributed by atoms with E-state index in [2.05, 4.69) is 0 Å². The van der Waals surface area contributed by atoms with Crippen LogP contribution in [0.1, 0.15) is 12.0 Å². The Bertz CT molecular complexity index is 633. The van der Waals surface area contributed by atoms with Crippen molar-refractivity contribution in [2.75, 3.05) is 20.3 Å². The third-order valence-electron chi connectivity index (χ3n) is 3.98. The van der Waals surface area contributed by atoms with Crippen molar-refractivity contribution in [3.8, 4) is 11.5 Å². The van der Waals surface area contributed by atoms with Crippen molar-refractivity contribution in [2.24, 2.45) is 5.92 Å². The van der Waals surface area contributed by atoms with Gasteiger partial charge in [0.05, 0.1) is 12.5 Å². The number of hydrogen-bond donors (Lipinski definition) is 0. The summed E-state index contributed by atoms with van der Waals surface area (Å²) in [7, 11) is 1.84. The van der Waals surface area contributed by atoms with Gasteiger partial charge in [-0.25, -0.2) is 0 Å². The summed E-state index contributed by atoms with van der Waals surface area (Å²) in [5.41, 5.74) is 1.08. The first-order valence-corrected chi connectivity index (χ1v) is 7.87. The smallest absolute Gasteiger partial charge is 0.228 e. The Kier molecular flexibility index (Phi) is 4.93. The molecule has 0 saturated carbocycles. The molecule has 0 spiro atoms. The zero-order valence-corrected chi connectivity index (χ0v) is 13.3. The molecule has 2 aromatic carbocycles. The summed E-state index contributed by atoms with van der Waals surface area (Å²) in [6, 6.07) is 17.5. The average molecular weight is 311 g/mol. The van der Waals surface area contributed by atoms with E-state index in [9.17, 15) is 4.79 Å². The largest absolute Gasteiger partial charge is 0.457 e. The van der Waals surface area contributed by atoms with Crippen LogP contribution in [-0.2, 0) is 16.1 Å². The van der Waals surface area contributed by atoms with E-state index in [0.717, 1.165) is 23.5 Å². The highest BCUT2D eigenvalue weighted by atomic mass is 16.5. The predicted octanol–water partition coefficient (Wildman–Crippen LogP) is 3.47. The number of rotatable bonds is 5. The Morgan fingerprint density at radius 1 is 1.13 bits per heavy atom. The van der Waals surface area contributed by atoms with E-state index in [0.29, 0.717) is 19.8 Å². The first-order valence-electron chi connectivity index (χ1n) is 7.87. The lowest BCUT2D eigenvalue weighted by molar-refractivity contribution is -0.134. The summed E-state index contributed by atoms with van der Waals surface area (Å²) in [5, 5.41) is 0. The number of nitrogens with zero attached hydrogens (tertiary/aromatic N) is 1. The van der Waals surface area contributed by atoms with Gasteiger partial charge in [0.25, 0.3) is 0 Å². The molecule has 1 heterocycles. The Hall–Kier alpha value is -2.33. The summed E-state index contributed by atoms with van der Waals surface area (Å²) < 4.78 is 11.1. The van der Waals surface area contributed by atoms with E-state index in [1.165, 1.54) is 0 Å². The van der Waals surface area contributed by atoms with Crippen molar-refractivity contribution in [3.63, 3.8) is 0 Å². The standard InChI is InChI=1S/C19H21NO3/c1-20(19(21)16-11-12-22-14-16)13-15-7-9-18(10-8-15)23-17-5-3-2-4-6-17/h2-10,16H,11-14H2,1H3/t16-/m1/s1. The Labute approximate surface area is 136 Å². The number of amides is 1. The van der Waals surface area contributed by atoms with E-state index < -0.39 is 0 Å². The van der Waals surface area contributed by atoms with Gasteiger partial charge < -0.3 is 14.4 Å². The lowest BCUT2D eigenvalue weighted by Crippen LogP contribution is -2.32. The first-order chi connectivity index (χ1) is 11.2. The maximum Gasteiger partial charge on any atom is 0.228 e. The third-order valence-corrected chi connectivity index (χ3v) is 3.98. The van der Waals surface area contributed by atoms with Crippen LogP contribution in [-0.4, -0.2) is 31.1 Å². The second-order valence-corrected chi connectivity index (χ2v) is 5.81. The number of hydrogen-bond acceptors (Lipinski definition) is 3. The number of benzene rings is 2. The number of para-hydroxylation sites is 1. The molecule has 4 nitrogen and oxygen atoms in total. The minimum atomic E-state index is 0.0145. The van der Waals surface area contributed by atoms with Crippen molar-refractivity contribution in [2.45, 2.75) is 13.0 Å². The molecule has 0 bridgehead atoms. The molecular weight excluding hydrogens is 290 g/mol. The lowest BCUT2D eigenvalue weighted by atomic mass is 10.1. The highest BCUT2D eigenvalue weighted by Gasteiger charge is 2.26. The summed E-state index contributed by atoms with van der Waals surface area (Å²) >= 11 is 0. The Balaban J connectivity index is 1.57. The molecule has 4 heteroatoms. The van der Waals surface area contributed by atoms with Gasteiger partial charge in [-0.05, 0) is 36.2 Å². The second kappa shape index (κ2) is 7.29. The quantitative estimate of drug-likeness (QED) is 0.848. The highest BCUT2D eigenvalue weighted by Crippen LogP contribution is 2.22. The Morgan fingerprint density at radius 2 is 1.83 bits per heavy atom. The van der Waals surface area contributed by atoms with Crippen molar-refractivity contribution < 1.29 is 14.3 Å². The van der Waals surface area contributed by atoms with E-state index in [1.54, 1.807) is 4.90 Å². The molecule has 0 aliphatic carbocycles. The van der Waals surface area contributed by atoms with Crippen LogP contribution in [0.2, 0.25) is 0 Å². The molecule has 2 aromatic rings. The Morgan fingerprint density at radius 3 is 2.48 bits per heavy atom. The van der Waals surface area contributed by atoms with Crippen LogP contribution in [0, 0.1) is 5.92 Å². The molecule has 1 amide bonds. The molecule has 1 fully saturated rings. The SMILES string of the molecule is CN(Cc1ccc(Oc2ccccc2)cc1)C(=O)[C@@H]1CCOC1. The van der Waals surface area contributed by atoms with Gasteiger partial charge in [-0.2, -0.15) is 0 Å². The van der Waals surface area contributed by atoms with Gasteiger partial charge in [-0.1, -0.05) is 30.3 Å². The molecule has 1 saturated heterocycles. The lowest BCUT2D eigenvalue weighted by Gasteiger charge is -2.20. The number of carbonyl (C=O) groups is 1. The van der Waals surface area contributed by atoms with E-state index in [4.69, 9.17) is 9.47 Å². The molecule has 0 radical (unpaired) electrons. The monoisotopic (exact) mass is 311 g/mol. The predicted molar refractivity (Wildman–Crippen MR) is 88.4 cm³/mol. The summed E-state index contributed by atoms with van der Waals surface area (Å²) in [6.45, 7) is 1.84. The fourth-order valence-electron chi connectivity index (χ4n) is 2.68. The zero-order chi connectivity index (χ0) is 16.1. The fourth-order valence-corrected chi connectivity index (χ4v) is 2.68. The number of carbonyl (C=O) groups excluding carboxylic acids is 1. The maximum atomic E-state index is 12.3. The number of ether oxygens (including phenoxy) is 2. The van der Waals surface area contributed by atoms with Crippen LogP contribution in [0.4, 0.5) is 0 Å². The van der Waals surface area contributed by atoms with Crippen LogP contribution >= 0.6 is 0 Å². The van der Waals surface area contributed by atoms with Crippen LogP contribution in [0.3, 0.4) is 0 Å². The summed E-state index contributed by atoms with van der Waals surface area (Å²) in [6.07, 6.45) is 0.826. The van der Waals surface area contributed by atoms with Crippen LogP contribution < -0.4 is 4.74 Å². The van der Waals surface area contributed by atoms with Crippen LogP contribution in [0.5, 0.6) is 11.5 Å². The van der Waals surface area contributed by atoms with Crippen molar-refractivity contribution >= 4 is 5.91 Å². The second-order valence-electron chi connectivity index (χ2n) is 5.81. The van der Waals surface area contributed by atoms with Gasteiger partial charge >= 0.3 is 0 Å². The van der Waals surface area contributed by atoms with Crippen molar-refractivity contribution in [1.29, 1.82) is 0 Å².